The molecule has 4 rings (SSSR count). The number of hydrazone groups is 1. The molecule has 2 amide bonds. The van der Waals surface area contributed by atoms with Crippen LogP contribution in [0, 0.1) is 0 Å². The second-order valence-electron chi connectivity index (χ2n) is 6.95. The Hall–Kier alpha value is -2.78. The molecule has 0 atom stereocenters. The molecular weight excluding hydrogens is 390 g/mol. The molecule has 0 bridgehead atoms. The fourth-order valence-corrected chi connectivity index (χ4v) is 4.20. The first-order valence-corrected chi connectivity index (χ1v) is 10.5. The van der Waals surface area contributed by atoms with Crippen molar-refractivity contribution in [2.45, 2.75) is 19.8 Å². The van der Waals surface area contributed by atoms with E-state index in [2.05, 4.69) is 20.4 Å². The Balaban J connectivity index is 1.41. The molecule has 8 nitrogen and oxygen atoms in total. The number of rotatable bonds is 5. The molecule has 1 aromatic carbocycles. The van der Waals surface area contributed by atoms with Gasteiger partial charge >= 0.3 is 0 Å². The zero-order chi connectivity index (χ0) is 20.2. The number of benzene rings is 1. The Labute approximate surface area is 173 Å². The Bertz CT molecular complexity index is 936. The molecular formula is C20H23N5O3S. The van der Waals surface area contributed by atoms with Crippen LogP contribution in [0.25, 0.3) is 0 Å². The van der Waals surface area contributed by atoms with Gasteiger partial charge in [-0.05, 0) is 31.0 Å². The van der Waals surface area contributed by atoms with Gasteiger partial charge < -0.3 is 14.5 Å². The number of nitrogens with zero attached hydrogens (tertiary/aromatic N) is 4. The summed E-state index contributed by atoms with van der Waals surface area (Å²) >= 11 is 1.44. The second-order valence-corrected chi connectivity index (χ2v) is 7.79. The minimum absolute atomic E-state index is 0.143. The van der Waals surface area contributed by atoms with Gasteiger partial charge in [-0.3, -0.25) is 9.59 Å². The van der Waals surface area contributed by atoms with Crippen LogP contribution in [0.1, 0.15) is 35.8 Å². The van der Waals surface area contributed by atoms with Crippen LogP contribution in [0.3, 0.4) is 0 Å². The van der Waals surface area contributed by atoms with Crippen LogP contribution in [0.2, 0.25) is 0 Å². The van der Waals surface area contributed by atoms with Gasteiger partial charge in [0.1, 0.15) is 5.69 Å². The molecule has 2 aliphatic heterocycles. The maximum Gasteiger partial charge on any atom is 0.290 e. The maximum atomic E-state index is 12.4. The molecule has 2 aromatic rings. The highest BCUT2D eigenvalue weighted by Crippen LogP contribution is 2.23. The van der Waals surface area contributed by atoms with Gasteiger partial charge in [0, 0.05) is 37.1 Å². The van der Waals surface area contributed by atoms with Gasteiger partial charge in [-0.25, -0.2) is 10.4 Å². The fourth-order valence-electron chi connectivity index (χ4n) is 3.34. The zero-order valence-corrected chi connectivity index (χ0v) is 17.1. The molecule has 3 heterocycles. The van der Waals surface area contributed by atoms with Crippen molar-refractivity contribution in [3.63, 3.8) is 0 Å². The van der Waals surface area contributed by atoms with Gasteiger partial charge in [0.05, 0.1) is 18.9 Å². The number of carbonyl (C=O) groups excluding carboxylic acids is 2. The molecule has 2 saturated heterocycles. The number of anilines is 2. The lowest BCUT2D eigenvalue weighted by molar-refractivity contribution is -0.117. The third-order valence-electron chi connectivity index (χ3n) is 4.98. The van der Waals surface area contributed by atoms with Gasteiger partial charge in [-0.2, -0.15) is 5.10 Å². The molecule has 152 valence electrons. The molecule has 9 heteroatoms. The normalized spacial score (nSPS) is 17.7. The van der Waals surface area contributed by atoms with Crippen molar-refractivity contribution in [3.8, 4) is 0 Å². The van der Waals surface area contributed by atoms with E-state index in [0.29, 0.717) is 31.0 Å². The predicted molar refractivity (Wildman–Crippen MR) is 113 cm³/mol. The first kappa shape index (κ1) is 19.5. The summed E-state index contributed by atoms with van der Waals surface area (Å²) in [4.78, 5) is 32.7. The van der Waals surface area contributed by atoms with Crippen LogP contribution >= 0.6 is 11.3 Å². The van der Waals surface area contributed by atoms with Crippen LogP contribution < -0.4 is 15.2 Å². The molecule has 0 unspecified atom stereocenters. The molecule has 1 aromatic heterocycles. The molecule has 0 spiro atoms. The largest absolute Gasteiger partial charge is 0.378 e. The van der Waals surface area contributed by atoms with Crippen LogP contribution in [-0.2, 0) is 9.53 Å². The van der Waals surface area contributed by atoms with E-state index < -0.39 is 0 Å². The molecule has 0 aliphatic carbocycles. The number of aromatic nitrogens is 1. The summed E-state index contributed by atoms with van der Waals surface area (Å²) in [5.74, 6) is -0.198. The van der Waals surface area contributed by atoms with Crippen molar-refractivity contribution >= 4 is 39.7 Å². The summed E-state index contributed by atoms with van der Waals surface area (Å²) < 4.78 is 5.35. The average Bonchev–Trinajstić information content (AvgIpc) is 3.42. The molecule has 0 radical (unpaired) electrons. The van der Waals surface area contributed by atoms with E-state index in [1.165, 1.54) is 11.3 Å². The van der Waals surface area contributed by atoms with E-state index in [0.717, 1.165) is 42.4 Å². The molecule has 2 aliphatic rings. The lowest BCUT2D eigenvalue weighted by Crippen LogP contribution is -2.36. The third kappa shape index (κ3) is 4.46. The van der Waals surface area contributed by atoms with E-state index in [4.69, 9.17) is 4.74 Å². The molecule has 0 saturated carbocycles. The minimum Gasteiger partial charge on any atom is -0.378 e. The lowest BCUT2D eigenvalue weighted by Gasteiger charge is -2.25. The van der Waals surface area contributed by atoms with Gasteiger partial charge in [-0.15, -0.1) is 11.3 Å². The maximum absolute atomic E-state index is 12.4. The fraction of sp³-hybridized carbons (Fsp3) is 0.400. The van der Waals surface area contributed by atoms with E-state index in [9.17, 15) is 9.59 Å². The number of hydrogen-bond acceptors (Lipinski definition) is 7. The Morgan fingerprint density at radius 3 is 2.86 bits per heavy atom. The quantitative estimate of drug-likeness (QED) is 0.600. The van der Waals surface area contributed by atoms with Crippen molar-refractivity contribution in [2.75, 3.05) is 42.6 Å². The van der Waals surface area contributed by atoms with Crippen LogP contribution in [0.15, 0.2) is 34.7 Å². The number of amides is 2. The number of thiazole rings is 1. The summed E-state index contributed by atoms with van der Waals surface area (Å²) in [5, 5.41) is 6.79. The van der Waals surface area contributed by atoms with Crippen molar-refractivity contribution in [1.29, 1.82) is 0 Å². The van der Waals surface area contributed by atoms with Crippen molar-refractivity contribution in [3.05, 3.63) is 40.9 Å². The minimum atomic E-state index is -0.342. The molecule has 29 heavy (non-hydrogen) atoms. The third-order valence-corrected chi connectivity index (χ3v) is 5.88. The number of morpholine rings is 1. The van der Waals surface area contributed by atoms with Gasteiger partial charge in [0.25, 0.3) is 5.91 Å². The summed E-state index contributed by atoms with van der Waals surface area (Å²) in [7, 11) is 0. The van der Waals surface area contributed by atoms with Crippen molar-refractivity contribution in [2.24, 2.45) is 5.10 Å². The second kappa shape index (κ2) is 8.71. The Morgan fingerprint density at radius 2 is 2.10 bits per heavy atom. The topological polar surface area (TPSA) is 87.1 Å². The molecule has 1 N–H and O–H groups in total. The highest BCUT2D eigenvalue weighted by molar-refractivity contribution is 7.13. The van der Waals surface area contributed by atoms with E-state index in [1.807, 2.05) is 31.2 Å². The van der Waals surface area contributed by atoms with Crippen LogP contribution in [0.5, 0.6) is 0 Å². The number of carbonyl (C=O) groups is 2. The average molecular weight is 414 g/mol. The van der Waals surface area contributed by atoms with Gasteiger partial charge in [-0.1, -0.05) is 12.1 Å². The van der Waals surface area contributed by atoms with E-state index in [1.54, 1.807) is 10.3 Å². The predicted octanol–water partition coefficient (Wildman–Crippen LogP) is 2.26. The van der Waals surface area contributed by atoms with Crippen molar-refractivity contribution < 1.29 is 14.3 Å². The summed E-state index contributed by atoms with van der Waals surface area (Å²) in [5.41, 5.74) is 5.31. The number of ether oxygens (including phenoxy) is 1. The first-order chi connectivity index (χ1) is 14.1. The highest BCUT2D eigenvalue weighted by Gasteiger charge is 2.22. The van der Waals surface area contributed by atoms with Gasteiger partial charge in [0.15, 0.2) is 5.13 Å². The SMILES string of the molecule is C/C(=N/NC(=O)c1csc(N2CCOCC2)n1)c1cccc(N2CCCC2=O)c1. The van der Waals surface area contributed by atoms with Crippen molar-refractivity contribution in [1.82, 2.24) is 10.4 Å². The zero-order valence-electron chi connectivity index (χ0n) is 16.3. The summed E-state index contributed by atoms with van der Waals surface area (Å²) in [6, 6.07) is 7.65. The number of hydrogen-bond donors (Lipinski definition) is 1. The Kier molecular flexibility index (Phi) is 5.86. The first-order valence-electron chi connectivity index (χ1n) is 9.65. The Morgan fingerprint density at radius 1 is 1.28 bits per heavy atom. The van der Waals surface area contributed by atoms with E-state index in [-0.39, 0.29) is 11.8 Å². The summed E-state index contributed by atoms with van der Waals surface area (Å²) in [6.07, 6.45) is 1.47. The smallest absolute Gasteiger partial charge is 0.290 e. The van der Waals surface area contributed by atoms with Gasteiger partial charge in [0.2, 0.25) is 5.91 Å². The van der Waals surface area contributed by atoms with E-state index >= 15 is 0 Å². The lowest BCUT2D eigenvalue weighted by atomic mass is 10.1. The summed E-state index contributed by atoms with van der Waals surface area (Å²) in [6.45, 7) is 5.47. The van der Waals surface area contributed by atoms with Crippen LogP contribution in [0.4, 0.5) is 10.8 Å². The number of nitrogens with one attached hydrogen (secondary N) is 1. The monoisotopic (exact) mass is 413 g/mol. The standard InChI is InChI=1S/C20H23N5O3S/c1-14(15-4-2-5-16(12-15)25-7-3-6-18(25)26)22-23-19(27)17-13-29-20(21-17)24-8-10-28-11-9-24/h2,4-5,12-13H,3,6-11H2,1H3,(H,23,27)/b22-14-. The van der Waals surface area contributed by atoms with Crippen LogP contribution in [-0.4, -0.2) is 55.4 Å². The molecule has 2 fully saturated rings. The highest BCUT2D eigenvalue weighted by atomic mass is 32.1.